The first kappa shape index (κ1) is 14.8. The van der Waals surface area contributed by atoms with Gasteiger partial charge in [0.15, 0.2) is 0 Å². The van der Waals surface area contributed by atoms with E-state index in [1.54, 1.807) is 0 Å². The first-order chi connectivity index (χ1) is 9.68. The lowest BCUT2D eigenvalue weighted by molar-refractivity contribution is -0.858. The molecule has 0 heterocycles. The second-order valence-electron chi connectivity index (χ2n) is 5.48. The Morgan fingerprint density at radius 1 is 0.950 bits per heavy atom. The van der Waals surface area contributed by atoms with Gasteiger partial charge in [0.25, 0.3) is 0 Å². The lowest BCUT2D eigenvalue weighted by atomic mass is 9.97. The minimum atomic E-state index is 0.0248. The zero-order chi connectivity index (χ0) is 14.4. The fraction of sp³-hybridized carbons (Fsp3) is 0.333. The maximum Gasteiger partial charge on any atom is 0.108 e. The first-order valence-corrected chi connectivity index (χ1v) is 7.19. The predicted molar refractivity (Wildman–Crippen MR) is 83.1 cm³/mol. The van der Waals surface area contributed by atoms with Crippen LogP contribution in [0, 0.1) is 6.92 Å². The summed E-state index contributed by atoms with van der Waals surface area (Å²) in [5, 5.41) is 0. The molecule has 0 unspecified atom stereocenters. The van der Waals surface area contributed by atoms with Crippen molar-refractivity contribution in [3.63, 3.8) is 0 Å². The monoisotopic (exact) mass is 270 g/mol. The van der Waals surface area contributed by atoms with E-state index in [0.29, 0.717) is 0 Å². The normalized spacial score (nSPS) is 12.6. The van der Waals surface area contributed by atoms with Crippen molar-refractivity contribution in [3.05, 3.63) is 71.3 Å². The first-order valence-electron chi connectivity index (χ1n) is 7.19. The van der Waals surface area contributed by atoms with Crippen molar-refractivity contribution in [2.45, 2.75) is 13.0 Å². The van der Waals surface area contributed by atoms with Crippen LogP contribution in [0.3, 0.4) is 0 Å². The van der Waals surface area contributed by atoms with Gasteiger partial charge in [0.2, 0.25) is 0 Å². The topological polar surface area (TPSA) is 13.7 Å². The van der Waals surface area contributed by atoms with Crippen LogP contribution in [0.15, 0.2) is 54.6 Å². The van der Waals surface area contributed by atoms with Crippen LogP contribution in [0.25, 0.3) is 0 Å². The molecule has 0 fully saturated rings. The Morgan fingerprint density at radius 3 is 2.25 bits per heavy atom. The summed E-state index contributed by atoms with van der Waals surface area (Å²) in [6.07, 6.45) is 0.0248. The highest BCUT2D eigenvalue weighted by atomic mass is 16.5. The summed E-state index contributed by atoms with van der Waals surface area (Å²) in [6.45, 7) is 3.91. The average Bonchev–Trinajstić information content (AvgIpc) is 2.45. The number of hydrogen-bond donors (Lipinski definition) is 1. The largest absolute Gasteiger partial charge is 0.363 e. The molecule has 0 bridgehead atoms. The van der Waals surface area contributed by atoms with E-state index in [0.717, 1.165) is 13.2 Å². The average molecular weight is 270 g/mol. The molecule has 20 heavy (non-hydrogen) atoms. The van der Waals surface area contributed by atoms with Crippen molar-refractivity contribution in [1.29, 1.82) is 0 Å². The molecule has 2 heteroatoms. The standard InChI is InChI=1S/C18H23NO/c1-15-9-7-8-12-17(15)18(20-14-13-19(2)3)16-10-5-4-6-11-16/h4-12,18H,13-14H2,1-3H3/p+1/t18-/m0/s1. The van der Waals surface area contributed by atoms with Crippen LogP contribution in [-0.2, 0) is 4.74 Å². The Bertz CT molecular complexity index is 522. The van der Waals surface area contributed by atoms with Crippen LogP contribution < -0.4 is 4.90 Å². The van der Waals surface area contributed by atoms with Crippen LogP contribution >= 0.6 is 0 Å². The minimum Gasteiger partial charge on any atom is -0.363 e. The van der Waals surface area contributed by atoms with Crippen molar-refractivity contribution in [2.75, 3.05) is 27.2 Å². The molecule has 0 radical (unpaired) electrons. The summed E-state index contributed by atoms with van der Waals surface area (Å²) in [6, 6.07) is 18.9. The third-order valence-corrected chi connectivity index (χ3v) is 3.46. The number of hydrogen-bond acceptors (Lipinski definition) is 1. The highest BCUT2D eigenvalue weighted by Gasteiger charge is 2.16. The van der Waals surface area contributed by atoms with Gasteiger partial charge in [0.05, 0.1) is 20.7 Å². The van der Waals surface area contributed by atoms with E-state index in [1.807, 2.05) is 6.07 Å². The number of benzene rings is 2. The molecule has 1 N–H and O–H groups in total. The lowest BCUT2D eigenvalue weighted by Crippen LogP contribution is -3.06. The van der Waals surface area contributed by atoms with Gasteiger partial charge in [-0.25, -0.2) is 0 Å². The maximum absolute atomic E-state index is 6.19. The zero-order valence-electron chi connectivity index (χ0n) is 12.6. The Kier molecular flexibility index (Phi) is 5.33. The molecule has 106 valence electrons. The minimum absolute atomic E-state index is 0.0248. The van der Waals surface area contributed by atoms with Gasteiger partial charge in [-0.15, -0.1) is 0 Å². The van der Waals surface area contributed by atoms with Gasteiger partial charge in [-0.05, 0) is 23.6 Å². The molecule has 0 amide bonds. The fourth-order valence-electron chi connectivity index (χ4n) is 2.26. The van der Waals surface area contributed by atoms with Crippen LogP contribution in [0.2, 0.25) is 0 Å². The SMILES string of the molecule is Cc1ccccc1[C@@H](OCC[NH+](C)C)c1ccccc1. The van der Waals surface area contributed by atoms with E-state index in [2.05, 4.69) is 69.6 Å². The number of quaternary nitrogens is 1. The second-order valence-corrected chi connectivity index (χ2v) is 5.48. The Balaban J connectivity index is 2.23. The van der Waals surface area contributed by atoms with Crippen LogP contribution in [0.5, 0.6) is 0 Å². The highest BCUT2D eigenvalue weighted by molar-refractivity contribution is 5.35. The van der Waals surface area contributed by atoms with E-state index in [4.69, 9.17) is 4.74 Å². The van der Waals surface area contributed by atoms with Gasteiger partial charge in [-0.1, -0.05) is 54.6 Å². The number of rotatable bonds is 6. The summed E-state index contributed by atoms with van der Waals surface area (Å²) in [4.78, 5) is 1.40. The Morgan fingerprint density at radius 2 is 1.60 bits per heavy atom. The van der Waals surface area contributed by atoms with E-state index < -0.39 is 0 Å². The third kappa shape index (κ3) is 3.92. The molecular formula is C18H24NO+. The van der Waals surface area contributed by atoms with Crippen molar-refractivity contribution in [3.8, 4) is 0 Å². The van der Waals surface area contributed by atoms with Gasteiger partial charge in [-0.3, -0.25) is 0 Å². The lowest BCUT2D eigenvalue weighted by Gasteiger charge is -2.21. The van der Waals surface area contributed by atoms with E-state index in [9.17, 15) is 0 Å². The molecule has 1 atom stereocenters. The van der Waals surface area contributed by atoms with Crippen LogP contribution in [0.4, 0.5) is 0 Å². The molecule has 0 aliphatic heterocycles. The van der Waals surface area contributed by atoms with Crippen molar-refractivity contribution in [2.24, 2.45) is 0 Å². The Labute approximate surface area is 122 Å². The molecule has 0 aliphatic carbocycles. The molecule has 2 nitrogen and oxygen atoms in total. The number of ether oxygens (including phenoxy) is 1. The highest BCUT2D eigenvalue weighted by Crippen LogP contribution is 2.27. The summed E-state index contributed by atoms with van der Waals surface area (Å²) in [7, 11) is 4.29. The zero-order valence-corrected chi connectivity index (χ0v) is 12.6. The van der Waals surface area contributed by atoms with Gasteiger partial charge in [-0.2, -0.15) is 0 Å². The molecule has 0 aliphatic rings. The van der Waals surface area contributed by atoms with E-state index in [1.165, 1.54) is 21.6 Å². The van der Waals surface area contributed by atoms with Crippen LogP contribution in [-0.4, -0.2) is 27.2 Å². The molecule has 0 spiro atoms. The van der Waals surface area contributed by atoms with Crippen molar-refractivity contribution in [1.82, 2.24) is 0 Å². The molecule has 2 aromatic rings. The maximum atomic E-state index is 6.19. The molecule has 2 rings (SSSR count). The van der Waals surface area contributed by atoms with Crippen LogP contribution in [0.1, 0.15) is 22.8 Å². The smallest absolute Gasteiger partial charge is 0.108 e. The predicted octanol–water partition coefficient (Wildman–Crippen LogP) is 2.25. The molecule has 2 aromatic carbocycles. The summed E-state index contributed by atoms with van der Waals surface area (Å²) >= 11 is 0. The van der Waals surface area contributed by atoms with Gasteiger partial charge < -0.3 is 9.64 Å². The fourth-order valence-corrected chi connectivity index (χ4v) is 2.26. The summed E-state index contributed by atoms with van der Waals surface area (Å²) in [5.74, 6) is 0. The summed E-state index contributed by atoms with van der Waals surface area (Å²) in [5.41, 5.74) is 3.75. The summed E-state index contributed by atoms with van der Waals surface area (Å²) < 4.78 is 6.19. The van der Waals surface area contributed by atoms with Gasteiger partial charge >= 0.3 is 0 Å². The van der Waals surface area contributed by atoms with Gasteiger partial charge in [0, 0.05) is 0 Å². The Hall–Kier alpha value is -1.64. The van der Waals surface area contributed by atoms with E-state index in [-0.39, 0.29) is 6.10 Å². The number of aryl methyl sites for hydroxylation is 1. The molecular weight excluding hydrogens is 246 g/mol. The quantitative estimate of drug-likeness (QED) is 0.850. The van der Waals surface area contributed by atoms with E-state index >= 15 is 0 Å². The molecule has 0 saturated carbocycles. The van der Waals surface area contributed by atoms with Gasteiger partial charge in [0.1, 0.15) is 12.6 Å². The van der Waals surface area contributed by atoms with Crippen molar-refractivity contribution < 1.29 is 9.64 Å². The number of nitrogens with one attached hydrogen (secondary N) is 1. The second kappa shape index (κ2) is 7.22. The van der Waals surface area contributed by atoms with Crippen molar-refractivity contribution >= 4 is 0 Å². The molecule has 0 saturated heterocycles. The third-order valence-electron chi connectivity index (χ3n) is 3.46. The molecule has 0 aromatic heterocycles. The number of likely N-dealkylation sites (N-methyl/N-ethyl adjacent to an activating group) is 1.